The molecule has 2 aromatic rings. The molecule has 2 aromatic carbocycles. The molecule has 0 spiro atoms. The second-order valence-corrected chi connectivity index (χ2v) is 5.74. The van der Waals surface area contributed by atoms with Crippen LogP contribution < -0.4 is 5.32 Å². The van der Waals surface area contributed by atoms with Crippen LogP contribution in [-0.2, 0) is 6.18 Å². The first-order valence-corrected chi connectivity index (χ1v) is 7.76. The molecule has 0 bridgehead atoms. The number of hydrogen-bond donors (Lipinski definition) is 1. The predicted octanol–water partition coefficient (Wildman–Crippen LogP) is 5.85. The molecular formula is C17H16ClF4N3. The molecule has 8 heteroatoms. The van der Waals surface area contributed by atoms with Crippen LogP contribution in [0.3, 0.4) is 0 Å². The van der Waals surface area contributed by atoms with Gasteiger partial charge in [-0.3, -0.25) is 0 Å². The van der Waals surface area contributed by atoms with E-state index < -0.39 is 23.2 Å². The van der Waals surface area contributed by atoms with Gasteiger partial charge in [-0.2, -0.15) is 13.2 Å². The Bertz CT molecular complexity index is 775. The Hall–Kier alpha value is -2.28. The minimum absolute atomic E-state index is 0.319. The fraction of sp³-hybridized carbons (Fsp3) is 0.235. The van der Waals surface area contributed by atoms with E-state index in [1.165, 1.54) is 18.5 Å². The zero-order valence-corrected chi connectivity index (χ0v) is 14.3. The summed E-state index contributed by atoms with van der Waals surface area (Å²) in [4.78, 5) is 5.41. The third-order valence-electron chi connectivity index (χ3n) is 3.39. The molecule has 25 heavy (non-hydrogen) atoms. The predicted molar refractivity (Wildman–Crippen MR) is 92.6 cm³/mol. The quantitative estimate of drug-likeness (QED) is 0.404. The monoisotopic (exact) mass is 373 g/mol. The number of nitrogens with zero attached hydrogens (tertiary/aromatic N) is 2. The molecule has 2 rings (SSSR count). The van der Waals surface area contributed by atoms with Crippen LogP contribution in [-0.4, -0.2) is 24.8 Å². The van der Waals surface area contributed by atoms with Crippen LogP contribution >= 0.6 is 11.6 Å². The van der Waals surface area contributed by atoms with Gasteiger partial charge in [0.25, 0.3) is 0 Å². The highest BCUT2D eigenvalue weighted by Crippen LogP contribution is 2.39. The lowest BCUT2D eigenvalue weighted by Crippen LogP contribution is -2.14. The summed E-state index contributed by atoms with van der Waals surface area (Å²) in [6, 6.07) is 7.60. The van der Waals surface area contributed by atoms with Crippen LogP contribution in [0.15, 0.2) is 41.4 Å². The lowest BCUT2D eigenvalue weighted by Gasteiger charge is -2.16. The number of aliphatic imine (C=N–C) groups is 1. The SMILES string of the molecule is CCN(C)/C=N\c1cc(C(F)(F)F)c(Nc2cccc(Cl)c2)cc1F. The van der Waals surface area contributed by atoms with Crippen molar-refractivity contribution in [3.05, 3.63) is 52.8 Å². The third-order valence-corrected chi connectivity index (χ3v) is 3.62. The zero-order chi connectivity index (χ0) is 18.6. The smallest absolute Gasteiger partial charge is 0.366 e. The van der Waals surface area contributed by atoms with E-state index in [2.05, 4.69) is 10.3 Å². The normalized spacial score (nSPS) is 11.8. The Balaban J connectivity index is 2.45. The van der Waals surface area contributed by atoms with Crippen LogP contribution in [0.2, 0.25) is 5.02 Å². The molecule has 3 nitrogen and oxygen atoms in total. The minimum Gasteiger partial charge on any atom is -0.366 e. The van der Waals surface area contributed by atoms with Gasteiger partial charge in [-0.1, -0.05) is 17.7 Å². The molecule has 0 atom stereocenters. The molecule has 0 heterocycles. The van der Waals surface area contributed by atoms with Crippen LogP contribution in [0.25, 0.3) is 0 Å². The summed E-state index contributed by atoms with van der Waals surface area (Å²) in [7, 11) is 1.68. The van der Waals surface area contributed by atoms with Crippen molar-refractivity contribution in [1.29, 1.82) is 0 Å². The largest absolute Gasteiger partial charge is 0.418 e. The number of nitrogens with one attached hydrogen (secondary N) is 1. The number of anilines is 2. The molecule has 0 aliphatic carbocycles. The van der Waals surface area contributed by atoms with E-state index in [0.717, 1.165) is 6.07 Å². The van der Waals surface area contributed by atoms with Gasteiger partial charge >= 0.3 is 6.18 Å². The van der Waals surface area contributed by atoms with Crippen molar-refractivity contribution in [1.82, 2.24) is 4.90 Å². The summed E-state index contributed by atoms with van der Waals surface area (Å²) in [6.07, 6.45) is -3.39. The molecule has 0 amide bonds. The molecule has 0 aromatic heterocycles. The van der Waals surface area contributed by atoms with Crippen molar-refractivity contribution in [3.63, 3.8) is 0 Å². The van der Waals surface area contributed by atoms with Gasteiger partial charge in [0, 0.05) is 30.4 Å². The first kappa shape index (κ1) is 19.1. The van der Waals surface area contributed by atoms with Crippen LogP contribution in [0.5, 0.6) is 0 Å². The average molecular weight is 374 g/mol. The van der Waals surface area contributed by atoms with E-state index in [0.29, 0.717) is 23.3 Å². The van der Waals surface area contributed by atoms with Gasteiger partial charge in [0.15, 0.2) is 5.82 Å². The topological polar surface area (TPSA) is 27.6 Å². The molecule has 0 aliphatic rings. The number of alkyl halides is 3. The molecule has 0 aliphatic heterocycles. The number of rotatable bonds is 5. The highest BCUT2D eigenvalue weighted by atomic mass is 35.5. The fourth-order valence-corrected chi connectivity index (χ4v) is 2.15. The molecule has 0 unspecified atom stereocenters. The van der Waals surface area contributed by atoms with Gasteiger partial charge in [0.1, 0.15) is 5.69 Å². The standard InChI is InChI=1S/C17H16ClF4N3/c1-3-25(2)10-23-16-8-13(17(20,21)22)15(9-14(16)19)24-12-6-4-5-11(18)7-12/h4-10,24H,3H2,1-2H3/b23-10-. The summed E-state index contributed by atoms with van der Waals surface area (Å²) >= 11 is 5.82. The van der Waals surface area contributed by atoms with Crippen molar-refractivity contribution in [2.24, 2.45) is 4.99 Å². The van der Waals surface area contributed by atoms with E-state index in [1.54, 1.807) is 24.1 Å². The maximum Gasteiger partial charge on any atom is 0.418 e. The number of halogens is 5. The van der Waals surface area contributed by atoms with Gasteiger partial charge < -0.3 is 10.2 Å². The van der Waals surface area contributed by atoms with Gasteiger partial charge in [0.05, 0.1) is 17.6 Å². The van der Waals surface area contributed by atoms with E-state index in [4.69, 9.17) is 11.6 Å². The van der Waals surface area contributed by atoms with Gasteiger partial charge in [-0.25, -0.2) is 9.38 Å². The summed E-state index contributed by atoms with van der Waals surface area (Å²) in [5.41, 5.74) is -1.49. The Morgan fingerprint density at radius 2 is 1.96 bits per heavy atom. The summed E-state index contributed by atoms with van der Waals surface area (Å²) in [5.74, 6) is -0.863. The summed E-state index contributed by atoms with van der Waals surface area (Å²) in [6.45, 7) is 2.42. The highest BCUT2D eigenvalue weighted by Gasteiger charge is 2.34. The Morgan fingerprint density at radius 3 is 2.56 bits per heavy atom. The first-order chi connectivity index (χ1) is 11.7. The van der Waals surface area contributed by atoms with Crippen LogP contribution in [0, 0.1) is 5.82 Å². The van der Waals surface area contributed by atoms with Crippen molar-refractivity contribution in [2.45, 2.75) is 13.1 Å². The van der Waals surface area contributed by atoms with Gasteiger partial charge in [-0.05, 0) is 31.2 Å². The van der Waals surface area contributed by atoms with Crippen molar-refractivity contribution >= 4 is 35.0 Å². The fourth-order valence-electron chi connectivity index (χ4n) is 1.96. The lowest BCUT2D eigenvalue weighted by atomic mass is 10.1. The third kappa shape index (κ3) is 5.09. The first-order valence-electron chi connectivity index (χ1n) is 7.38. The lowest BCUT2D eigenvalue weighted by molar-refractivity contribution is -0.136. The molecule has 1 N–H and O–H groups in total. The van der Waals surface area contributed by atoms with Crippen molar-refractivity contribution < 1.29 is 17.6 Å². The Labute approximate surface area is 147 Å². The Morgan fingerprint density at radius 1 is 1.24 bits per heavy atom. The number of hydrogen-bond acceptors (Lipinski definition) is 2. The van der Waals surface area contributed by atoms with Gasteiger partial charge in [-0.15, -0.1) is 0 Å². The van der Waals surface area contributed by atoms with Crippen molar-refractivity contribution in [3.8, 4) is 0 Å². The molecular weight excluding hydrogens is 358 g/mol. The van der Waals surface area contributed by atoms with E-state index in [-0.39, 0.29) is 5.69 Å². The second kappa shape index (κ2) is 7.74. The molecule has 134 valence electrons. The second-order valence-electron chi connectivity index (χ2n) is 5.30. The van der Waals surface area contributed by atoms with Gasteiger partial charge in [0.2, 0.25) is 0 Å². The molecule has 0 saturated heterocycles. The summed E-state index contributed by atoms with van der Waals surface area (Å²) in [5, 5.41) is 2.91. The molecule has 0 saturated carbocycles. The van der Waals surface area contributed by atoms with Crippen LogP contribution in [0.4, 0.5) is 34.6 Å². The number of benzene rings is 2. The maximum absolute atomic E-state index is 14.2. The van der Waals surface area contributed by atoms with Crippen molar-refractivity contribution in [2.75, 3.05) is 18.9 Å². The van der Waals surface area contributed by atoms with Crippen LogP contribution in [0.1, 0.15) is 12.5 Å². The van der Waals surface area contributed by atoms with E-state index in [1.807, 2.05) is 6.92 Å². The highest BCUT2D eigenvalue weighted by molar-refractivity contribution is 6.30. The van der Waals surface area contributed by atoms with E-state index >= 15 is 0 Å². The molecule has 0 fully saturated rings. The summed E-state index contributed by atoms with van der Waals surface area (Å²) < 4.78 is 54.3. The van der Waals surface area contributed by atoms with E-state index in [9.17, 15) is 17.6 Å². The minimum atomic E-state index is -4.67. The maximum atomic E-state index is 14.2. The Kier molecular flexibility index (Phi) is 5.89. The average Bonchev–Trinajstić information content (AvgIpc) is 2.52. The zero-order valence-electron chi connectivity index (χ0n) is 13.5. The molecule has 0 radical (unpaired) electrons.